The van der Waals surface area contributed by atoms with E-state index in [9.17, 15) is 0 Å². The quantitative estimate of drug-likeness (QED) is 0.745. The first-order valence-electron chi connectivity index (χ1n) is 6.75. The number of ether oxygens (including phenoxy) is 1. The topological polar surface area (TPSA) is 9.23 Å². The third-order valence-electron chi connectivity index (χ3n) is 3.39. The summed E-state index contributed by atoms with van der Waals surface area (Å²) in [6.07, 6.45) is 5.16. The first-order chi connectivity index (χ1) is 8.04. The van der Waals surface area contributed by atoms with E-state index in [1.165, 1.54) is 24.8 Å². The van der Waals surface area contributed by atoms with Crippen molar-refractivity contribution >= 4 is 0 Å². The molecule has 1 aliphatic rings. The minimum absolute atomic E-state index is 0.315. The van der Waals surface area contributed by atoms with E-state index in [4.69, 9.17) is 4.74 Å². The van der Waals surface area contributed by atoms with Gasteiger partial charge in [0.25, 0.3) is 0 Å². The lowest BCUT2D eigenvalue weighted by atomic mass is 9.86. The maximum Gasteiger partial charge on any atom is 0.122 e. The first kappa shape index (κ1) is 12.5. The Hall–Kier alpha value is -0.980. The highest BCUT2D eigenvalue weighted by molar-refractivity contribution is 5.34. The Balaban J connectivity index is 1.99. The maximum absolute atomic E-state index is 5.99. The Morgan fingerprint density at radius 2 is 1.88 bits per heavy atom. The van der Waals surface area contributed by atoms with Gasteiger partial charge in [0.2, 0.25) is 0 Å². The molecule has 0 bridgehead atoms. The van der Waals surface area contributed by atoms with Crippen molar-refractivity contribution in [3.8, 4) is 5.75 Å². The highest BCUT2D eigenvalue weighted by atomic mass is 16.5. The zero-order valence-electron chi connectivity index (χ0n) is 11.3. The summed E-state index contributed by atoms with van der Waals surface area (Å²) in [5.74, 6) is 1.90. The third-order valence-corrected chi connectivity index (χ3v) is 3.39. The van der Waals surface area contributed by atoms with Gasteiger partial charge < -0.3 is 4.74 Å². The molecule has 0 radical (unpaired) electrons. The van der Waals surface area contributed by atoms with Crippen molar-refractivity contribution < 1.29 is 4.74 Å². The Bertz CT molecular complexity index is 358. The molecule has 0 unspecified atom stereocenters. The molecular weight excluding hydrogens is 208 g/mol. The largest absolute Gasteiger partial charge is 0.493 e. The fourth-order valence-corrected chi connectivity index (χ4v) is 2.23. The molecular formula is C16H24O. The van der Waals surface area contributed by atoms with Crippen molar-refractivity contribution in [1.29, 1.82) is 0 Å². The van der Waals surface area contributed by atoms with E-state index in [0.29, 0.717) is 5.41 Å². The summed E-state index contributed by atoms with van der Waals surface area (Å²) in [4.78, 5) is 0. The van der Waals surface area contributed by atoms with Crippen LogP contribution in [-0.4, -0.2) is 6.61 Å². The SMILES string of the molecule is CC(C)(C)Cc1ccccc1OCC1CCC1. The zero-order valence-corrected chi connectivity index (χ0v) is 11.3. The van der Waals surface area contributed by atoms with Crippen LogP contribution in [0.2, 0.25) is 0 Å². The van der Waals surface area contributed by atoms with Gasteiger partial charge in [0.05, 0.1) is 6.61 Å². The van der Waals surface area contributed by atoms with Crippen molar-refractivity contribution in [2.75, 3.05) is 6.61 Å². The first-order valence-corrected chi connectivity index (χ1v) is 6.75. The number of hydrogen-bond donors (Lipinski definition) is 0. The fraction of sp³-hybridized carbons (Fsp3) is 0.625. The average Bonchev–Trinajstić information content (AvgIpc) is 2.16. The summed E-state index contributed by atoms with van der Waals surface area (Å²) in [6.45, 7) is 7.72. The summed E-state index contributed by atoms with van der Waals surface area (Å²) >= 11 is 0. The summed E-state index contributed by atoms with van der Waals surface area (Å²) in [5, 5.41) is 0. The van der Waals surface area contributed by atoms with Crippen LogP contribution in [-0.2, 0) is 6.42 Å². The van der Waals surface area contributed by atoms with Gasteiger partial charge in [-0.25, -0.2) is 0 Å². The van der Waals surface area contributed by atoms with Crippen LogP contribution in [0.4, 0.5) is 0 Å². The van der Waals surface area contributed by atoms with Crippen LogP contribution >= 0.6 is 0 Å². The van der Waals surface area contributed by atoms with E-state index in [2.05, 4.69) is 45.0 Å². The van der Waals surface area contributed by atoms with Crippen LogP contribution in [0.15, 0.2) is 24.3 Å². The Morgan fingerprint density at radius 3 is 2.47 bits per heavy atom. The van der Waals surface area contributed by atoms with Crippen LogP contribution in [0.1, 0.15) is 45.6 Å². The van der Waals surface area contributed by atoms with E-state index < -0.39 is 0 Å². The molecule has 0 amide bonds. The average molecular weight is 232 g/mol. The summed E-state index contributed by atoms with van der Waals surface area (Å²) in [7, 11) is 0. The highest BCUT2D eigenvalue weighted by Gasteiger charge is 2.19. The molecule has 1 aromatic carbocycles. The number of rotatable bonds is 4. The minimum atomic E-state index is 0.315. The van der Waals surface area contributed by atoms with E-state index in [1.54, 1.807) is 0 Å². The summed E-state index contributed by atoms with van der Waals surface area (Å²) < 4.78 is 5.99. The lowest BCUT2D eigenvalue weighted by Gasteiger charge is -2.26. The van der Waals surface area contributed by atoms with Gasteiger partial charge in [-0.1, -0.05) is 45.4 Å². The molecule has 2 rings (SSSR count). The molecule has 17 heavy (non-hydrogen) atoms. The zero-order chi connectivity index (χ0) is 12.3. The molecule has 0 aliphatic heterocycles. The van der Waals surface area contributed by atoms with Gasteiger partial charge in [0.15, 0.2) is 0 Å². The van der Waals surface area contributed by atoms with Crippen molar-refractivity contribution in [1.82, 2.24) is 0 Å². The molecule has 1 saturated carbocycles. The molecule has 0 N–H and O–H groups in total. The molecule has 1 heteroatoms. The smallest absolute Gasteiger partial charge is 0.122 e. The van der Waals surface area contributed by atoms with Crippen LogP contribution in [0, 0.1) is 11.3 Å². The normalized spacial score (nSPS) is 16.6. The van der Waals surface area contributed by atoms with Gasteiger partial charge in [-0.3, -0.25) is 0 Å². The van der Waals surface area contributed by atoms with Crippen molar-refractivity contribution in [3.63, 3.8) is 0 Å². The molecule has 0 heterocycles. The molecule has 94 valence electrons. The fourth-order valence-electron chi connectivity index (χ4n) is 2.23. The minimum Gasteiger partial charge on any atom is -0.493 e. The second kappa shape index (κ2) is 5.12. The maximum atomic E-state index is 5.99. The van der Waals surface area contributed by atoms with Crippen LogP contribution in [0.5, 0.6) is 5.75 Å². The number of benzene rings is 1. The van der Waals surface area contributed by atoms with Gasteiger partial charge in [0.1, 0.15) is 5.75 Å². The molecule has 0 saturated heterocycles. The van der Waals surface area contributed by atoms with Gasteiger partial charge in [-0.05, 0) is 42.2 Å². The predicted molar refractivity (Wildman–Crippen MR) is 72.4 cm³/mol. The van der Waals surface area contributed by atoms with Crippen molar-refractivity contribution in [3.05, 3.63) is 29.8 Å². The Morgan fingerprint density at radius 1 is 1.18 bits per heavy atom. The lowest BCUT2D eigenvalue weighted by molar-refractivity contribution is 0.178. The van der Waals surface area contributed by atoms with Crippen LogP contribution in [0.3, 0.4) is 0 Å². The van der Waals surface area contributed by atoms with Gasteiger partial charge in [0, 0.05) is 0 Å². The second-order valence-electron chi connectivity index (χ2n) is 6.45. The predicted octanol–water partition coefficient (Wildman–Crippen LogP) is 4.45. The summed E-state index contributed by atoms with van der Waals surface area (Å²) in [5.41, 5.74) is 1.66. The molecule has 1 nitrogen and oxygen atoms in total. The van der Waals surface area contributed by atoms with Crippen LogP contribution < -0.4 is 4.74 Å². The van der Waals surface area contributed by atoms with E-state index in [0.717, 1.165) is 24.7 Å². The van der Waals surface area contributed by atoms with Gasteiger partial charge in [-0.15, -0.1) is 0 Å². The molecule has 0 aromatic heterocycles. The van der Waals surface area contributed by atoms with E-state index in [1.807, 2.05) is 0 Å². The third kappa shape index (κ3) is 3.76. The molecule has 1 aromatic rings. The van der Waals surface area contributed by atoms with E-state index >= 15 is 0 Å². The van der Waals surface area contributed by atoms with Crippen molar-refractivity contribution in [2.24, 2.45) is 11.3 Å². The second-order valence-corrected chi connectivity index (χ2v) is 6.45. The summed E-state index contributed by atoms with van der Waals surface area (Å²) in [6, 6.07) is 8.49. The Labute approximate surface area is 105 Å². The number of para-hydroxylation sites is 1. The Kier molecular flexibility index (Phi) is 3.76. The van der Waals surface area contributed by atoms with Gasteiger partial charge >= 0.3 is 0 Å². The van der Waals surface area contributed by atoms with Crippen LogP contribution in [0.25, 0.3) is 0 Å². The molecule has 0 spiro atoms. The standard InChI is InChI=1S/C16H24O/c1-16(2,3)11-14-9-4-5-10-15(14)17-12-13-7-6-8-13/h4-5,9-10,13H,6-8,11-12H2,1-3H3. The van der Waals surface area contributed by atoms with Gasteiger partial charge in [-0.2, -0.15) is 0 Å². The van der Waals surface area contributed by atoms with E-state index in [-0.39, 0.29) is 0 Å². The monoisotopic (exact) mass is 232 g/mol. The highest BCUT2D eigenvalue weighted by Crippen LogP contribution is 2.30. The lowest BCUT2D eigenvalue weighted by Crippen LogP contribution is -2.20. The van der Waals surface area contributed by atoms with Crippen molar-refractivity contribution in [2.45, 2.75) is 46.5 Å². The molecule has 1 fully saturated rings. The number of hydrogen-bond acceptors (Lipinski definition) is 1. The molecule has 1 aliphatic carbocycles. The molecule has 0 atom stereocenters.